The molecule has 0 bridgehead atoms. The molecule has 1 aliphatic rings. The van der Waals surface area contributed by atoms with E-state index in [4.69, 9.17) is 15.7 Å². The molecule has 1 aliphatic carbocycles. The van der Waals surface area contributed by atoms with Gasteiger partial charge in [-0.1, -0.05) is 6.07 Å². The Morgan fingerprint density at radius 1 is 1.26 bits per heavy atom. The van der Waals surface area contributed by atoms with Crippen LogP contribution >= 0.6 is 0 Å². The summed E-state index contributed by atoms with van der Waals surface area (Å²) in [4.78, 5) is 28.8. The van der Waals surface area contributed by atoms with Gasteiger partial charge in [-0.05, 0) is 49.9 Å². The molecule has 9 heteroatoms. The molecule has 1 aromatic carbocycles. The SMILES string of the molecule is Cn1ncc2cc(C(N)=O)c(OC3CCC(NC(=O)c4cccc(C#N)c4)CC3)nc21. The smallest absolute Gasteiger partial charge is 0.254 e. The number of carbonyl (C=O) groups is 2. The van der Waals surface area contributed by atoms with E-state index < -0.39 is 5.91 Å². The van der Waals surface area contributed by atoms with Gasteiger partial charge in [-0.25, -0.2) is 0 Å². The Morgan fingerprint density at radius 3 is 2.74 bits per heavy atom. The van der Waals surface area contributed by atoms with Crippen LogP contribution in [0, 0.1) is 11.3 Å². The third-order valence-electron chi connectivity index (χ3n) is 5.48. The number of aryl methyl sites for hydroxylation is 1. The van der Waals surface area contributed by atoms with Crippen LogP contribution in [0.2, 0.25) is 0 Å². The summed E-state index contributed by atoms with van der Waals surface area (Å²) in [5, 5.41) is 16.9. The molecule has 1 fully saturated rings. The number of fused-ring (bicyclic) bond motifs is 1. The minimum absolute atomic E-state index is 0.0150. The molecule has 158 valence electrons. The van der Waals surface area contributed by atoms with Gasteiger partial charge in [0.25, 0.3) is 11.8 Å². The van der Waals surface area contributed by atoms with E-state index in [-0.39, 0.29) is 29.5 Å². The fraction of sp³-hybridized carbons (Fsp3) is 0.318. The monoisotopic (exact) mass is 418 g/mol. The standard InChI is InChI=1S/C22H22N6O3/c1-28-20-15(12-25-28)10-18(19(24)29)22(27-20)31-17-7-5-16(6-8-17)26-21(30)14-4-2-3-13(9-14)11-23/h2-4,9-10,12,16-17H,5-8H2,1H3,(H2,24,29)(H,26,30). The average molecular weight is 418 g/mol. The fourth-order valence-corrected chi connectivity index (χ4v) is 3.81. The number of rotatable bonds is 5. The number of hydrogen-bond donors (Lipinski definition) is 2. The maximum absolute atomic E-state index is 12.5. The van der Waals surface area contributed by atoms with Gasteiger partial charge in [-0.2, -0.15) is 15.3 Å². The van der Waals surface area contributed by atoms with Gasteiger partial charge in [0.1, 0.15) is 11.7 Å². The molecular weight excluding hydrogens is 396 g/mol. The molecule has 0 aliphatic heterocycles. The van der Waals surface area contributed by atoms with E-state index in [9.17, 15) is 9.59 Å². The van der Waals surface area contributed by atoms with Crippen molar-refractivity contribution in [1.82, 2.24) is 20.1 Å². The van der Waals surface area contributed by atoms with Crippen molar-refractivity contribution in [2.45, 2.75) is 37.8 Å². The molecule has 0 spiro atoms. The molecule has 0 saturated heterocycles. The average Bonchev–Trinajstić information content (AvgIpc) is 3.14. The Labute approximate surface area is 178 Å². The van der Waals surface area contributed by atoms with Gasteiger partial charge in [-0.15, -0.1) is 0 Å². The first-order chi connectivity index (χ1) is 14.9. The van der Waals surface area contributed by atoms with Crippen LogP contribution < -0.4 is 15.8 Å². The first kappa shape index (κ1) is 20.3. The van der Waals surface area contributed by atoms with E-state index in [0.717, 1.165) is 18.2 Å². The van der Waals surface area contributed by atoms with Crippen molar-refractivity contribution in [3.05, 3.63) is 53.2 Å². The normalized spacial score (nSPS) is 18.3. The summed E-state index contributed by atoms with van der Waals surface area (Å²) in [6.45, 7) is 0. The largest absolute Gasteiger partial charge is 0.474 e. The molecule has 9 nitrogen and oxygen atoms in total. The highest BCUT2D eigenvalue weighted by Crippen LogP contribution is 2.27. The lowest BCUT2D eigenvalue weighted by molar-refractivity contribution is 0.0881. The minimum atomic E-state index is -0.603. The van der Waals surface area contributed by atoms with Crippen molar-refractivity contribution in [3.8, 4) is 11.9 Å². The number of nitrogens with zero attached hydrogens (tertiary/aromatic N) is 4. The van der Waals surface area contributed by atoms with Crippen LogP contribution in [0.5, 0.6) is 5.88 Å². The highest BCUT2D eigenvalue weighted by Gasteiger charge is 2.26. The Kier molecular flexibility index (Phi) is 5.54. The van der Waals surface area contributed by atoms with E-state index in [2.05, 4.69) is 15.4 Å². The maximum Gasteiger partial charge on any atom is 0.254 e. The Bertz CT molecular complexity index is 1190. The van der Waals surface area contributed by atoms with Gasteiger partial charge in [-0.3, -0.25) is 14.3 Å². The number of nitrogens with one attached hydrogen (secondary N) is 1. The van der Waals surface area contributed by atoms with Gasteiger partial charge in [0, 0.05) is 24.0 Å². The number of carbonyl (C=O) groups excluding carboxylic acids is 2. The van der Waals surface area contributed by atoms with E-state index in [1.165, 1.54) is 0 Å². The Hall–Kier alpha value is -3.93. The van der Waals surface area contributed by atoms with E-state index >= 15 is 0 Å². The number of pyridine rings is 1. The van der Waals surface area contributed by atoms with Crippen LogP contribution in [0.25, 0.3) is 11.0 Å². The summed E-state index contributed by atoms with van der Waals surface area (Å²) in [7, 11) is 1.77. The van der Waals surface area contributed by atoms with Crippen molar-refractivity contribution in [1.29, 1.82) is 5.26 Å². The van der Waals surface area contributed by atoms with Crippen molar-refractivity contribution < 1.29 is 14.3 Å². The molecule has 0 unspecified atom stereocenters. The fourth-order valence-electron chi connectivity index (χ4n) is 3.81. The summed E-state index contributed by atoms with van der Waals surface area (Å²) in [5.41, 5.74) is 7.28. The molecule has 2 aromatic heterocycles. The van der Waals surface area contributed by atoms with Crippen molar-refractivity contribution in [2.75, 3.05) is 0 Å². The number of aromatic nitrogens is 3. The van der Waals surface area contributed by atoms with Gasteiger partial charge >= 0.3 is 0 Å². The van der Waals surface area contributed by atoms with E-state index in [1.54, 1.807) is 48.3 Å². The lowest BCUT2D eigenvalue weighted by Crippen LogP contribution is -2.39. The Morgan fingerprint density at radius 2 is 2.03 bits per heavy atom. The predicted octanol–water partition coefficient (Wildman–Crippen LogP) is 2.06. The van der Waals surface area contributed by atoms with E-state index in [1.807, 2.05) is 6.07 Å². The predicted molar refractivity (Wildman–Crippen MR) is 112 cm³/mol. The lowest BCUT2D eigenvalue weighted by atomic mass is 9.92. The Balaban J connectivity index is 1.40. The molecule has 1 saturated carbocycles. The summed E-state index contributed by atoms with van der Waals surface area (Å²) < 4.78 is 7.66. The number of benzene rings is 1. The maximum atomic E-state index is 12.5. The zero-order chi connectivity index (χ0) is 22.0. The van der Waals surface area contributed by atoms with Crippen LogP contribution in [-0.4, -0.2) is 38.7 Å². The molecule has 0 atom stereocenters. The highest BCUT2D eigenvalue weighted by molar-refractivity contribution is 5.98. The van der Waals surface area contributed by atoms with Gasteiger partial charge in [0.15, 0.2) is 5.65 Å². The molecule has 3 aromatic rings. The topological polar surface area (TPSA) is 136 Å². The van der Waals surface area contributed by atoms with Gasteiger partial charge in [0.2, 0.25) is 5.88 Å². The number of nitriles is 1. The third-order valence-corrected chi connectivity index (χ3v) is 5.48. The number of nitrogens with two attached hydrogens (primary N) is 1. The van der Waals surface area contributed by atoms with Crippen LogP contribution in [0.1, 0.15) is 52.0 Å². The first-order valence-electron chi connectivity index (χ1n) is 10.0. The summed E-state index contributed by atoms with van der Waals surface area (Å²) in [5.74, 6) is -0.584. The van der Waals surface area contributed by atoms with E-state index in [0.29, 0.717) is 29.6 Å². The van der Waals surface area contributed by atoms with Gasteiger partial charge < -0.3 is 15.8 Å². The number of hydrogen-bond acceptors (Lipinski definition) is 6. The van der Waals surface area contributed by atoms with Crippen molar-refractivity contribution >= 4 is 22.8 Å². The minimum Gasteiger partial charge on any atom is -0.474 e. The van der Waals surface area contributed by atoms with Crippen LogP contribution in [-0.2, 0) is 7.05 Å². The van der Waals surface area contributed by atoms with Gasteiger partial charge in [0.05, 0.1) is 17.8 Å². The molecule has 2 heterocycles. The lowest BCUT2D eigenvalue weighted by Gasteiger charge is -2.29. The zero-order valence-electron chi connectivity index (χ0n) is 17.0. The van der Waals surface area contributed by atoms with Crippen molar-refractivity contribution in [3.63, 3.8) is 0 Å². The van der Waals surface area contributed by atoms with Crippen LogP contribution in [0.3, 0.4) is 0 Å². The number of primary amides is 1. The number of amides is 2. The van der Waals surface area contributed by atoms with Crippen LogP contribution in [0.4, 0.5) is 0 Å². The third kappa shape index (κ3) is 4.33. The number of ether oxygens (including phenoxy) is 1. The van der Waals surface area contributed by atoms with Crippen molar-refractivity contribution in [2.24, 2.45) is 12.8 Å². The highest BCUT2D eigenvalue weighted by atomic mass is 16.5. The molecule has 31 heavy (non-hydrogen) atoms. The van der Waals surface area contributed by atoms with Crippen LogP contribution in [0.15, 0.2) is 36.5 Å². The summed E-state index contributed by atoms with van der Waals surface area (Å²) >= 11 is 0. The first-order valence-corrected chi connectivity index (χ1v) is 10.0. The second-order valence-electron chi connectivity index (χ2n) is 7.64. The molecule has 2 amide bonds. The second-order valence-corrected chi connectivity index (χ2v) is 7.64. The molecule has 3 N–H and O–H groups in total. The molecule has 0 radical (unpaired) electrons. The second kappa shape index (κ2) is 8.44. The zero-order valence-corrected chi connectivity index (χ0v) is 17.0. The summed E-state index contributed by atoms with van der Waals surface area (Å²) in [6.07, 6.45) is 4.35. The summed E-state index contributed by atoms with van der Waals surface area (Å²) in [6, 6.07) is 10.3. The molecule has 4 rings (SSSR count). The molecular formula is C22H22N6O3. The quantitative estimate of drug-likeness (QED) is 0.651.